The van der Waals surface area contributed by atoms with E-state index >= 15 is 0 Å². The minimum Gasteiger partial charge on any atom is -0.352 e. The Morgan fingerprint density at radius 2 is 2.16 bits per heavy atom. The van der Waals surface area contributed by atoms with Crippen molar-refractivity contribution in [3.05, 3.63) is 36.0 Å². The van der Waals surface area contributed by atoms with E-state index < -0.39 is 0 Å². The zero-order valence-corrected chi connectivity index (χ0v) is 15.0. The van der Waals surface area contributed by atoms with Crippen LogP contribution in [0.3, 0.4) is 0 Å². The molecule has 132 valence electrons. The molecule has 0 saturated carbocycles. The van der Waals surface area contributed by atoms with Crippen molar-refractivity contribution in [1.82, 2.24) is 29.4 Å². The Hall–Kier alpha value is -2.44. The highest BCUT2D eigenvalue weighted by molar-refractivity contribution is 5.48. The zero-order valence-electron chi connectivity index (χ0n) is 15.0. The van der Waals surface area contributed by atoms with E-state index in [1.165, 1.54) is 24.8 Å². The molecule has 0 amide bonds. The maximum Gasteiger partial charge on any atom is 0.254 e. The van der Waals surface area contributed by atoms with Gasteiger partial charge in [-0.25, -0.2) is 4.98 Å². The molecule has 1 aliphatic heterocycles. The Morgan fingerprint density at radius 1 is 1.24 bits per heavy atom. The number of fused-ring (bicyclic) bond motifs is 1. The summed E-state index contributed by atoms with van der Waals surface area (Å²) in [6.45, 7) is 6.20. The number of hydrogen-bond donors (Lipinski definition) is 0. The van der Waals surface area contributed by atoms with Gasteiger partial charge in [0.25, 0.3) is 5.78 Å². The van der Waals surface area contributed by atoms with Crippen LogP contribution in [0.5, 0.6) is 0 Å². The van der Waals surface area contributed by atoms with Crippen LogP contribution in [-0.2, 0) is 13.0 Å². The molecular weight excluding hydrogens is 314 g/mol. The molecule has 4 rings (SSSR count). The number of aryl methyl sites for hydroxylation is 2. The Labute approximate surface area is 147 Å². The topological polar surface area (TPSA) is 64.1 Å². The monoisotopic (exact) mass is 339 g/mol. The summed E-state index contributed by atoms with van der Waals surface area (Å²) in [5.41, 5.74) is 2.30. The van der Waals surface area contributed by atoms with E-state index in [1.807, 2.05) is 10.7 Å². The van der Waals surface area contributed by atoms with Gasteiger partial charge in [0, 0.05) is 30.5 Å². The Bertz CT molecular complexity index is 850. The van der Waals surface area contributed by atoms with Crippen LogP contribution in [0.25, 0.3) is 5.78 Å². The fraction of sp³-hybridized carbons (Fsp3) is 0.556. The molecule has 25 heavy (non-hydrogen) atoms. The first-order valence-electron chi connectivity index (χ1n) is 9.20. The Kier molecular flexibility index (Phi) is 4.38. The fourth-order valence-corrected chi connectivity index (χ4v) is 3.71. The summed E-state index contributed by atoms with van der Waals surface area (Å²) in [5.74, 6) is 1.81. The first kappa shape index (κ1) is 16.1. The van der Waals surface area contributed by atoms with Gasteiger partial charge in [0.05, 0.1) is 12.7 Å². The van der Waals surface area contributed by atoms with E-state index in [0.717, 1.165) is 37.4 Å². The third kappa shape index (κ3) is 3.23. The summed E-state index contributed by atoms with van der Waals surface area (Å²) >= 11 is 0. The average Bonchev–Trinajstić information content (AvgIpc) is 3.24. The van der Waals surface area contributed by atoms with Crippen LogP contribution in [-0.4, -0.2) is 41.9 Å². The van der Waals surface area contributed by atoms with Gasteiger partial charge in [-0.05, 0) is 38.2 Å². The van der Waals surface area contributed by atoms with Gasteiger partial charge >= 0.3 is 0 Å². The van der Waals surface area contributed by atoms with Crippen molar-refractivity contribution in [2.45, 2.75) is 58.5 Å². The molecule has 0 bridgehead atoms. The van der Waals surface area contributed by atoms with E-state index in [1.54, 1.807) is 6.33 Å². The predicted octanol–water partition coefficient (Wildman–Crippen LogP) is 2.64. The second kappa shape index (κ2) is 6.82. The molecule has 0 radical (unpaired) electrons. The van der Waals surface area contributed by atoms with Crippen molar-refractivity contribution < 1.29 is 0 Å². The van der Waals surface area contributed by atoms with Gasteiger partial charge in [-0.15, -0.1) is 0 Å². The van der Waals surface area contributed by atoms with E-state index in [4.69, 9.17) is 0 Å². The maximum atomic E-state index is 4.64. The molecule has 0 N–H and O–H groups in total. The fourth-order valence-electron chi connectivity index (χ4n) is 3.71. The second-order valence-corrected chi connectivity index (χ2v) is 6.91. The normalized spacial score (nSPS) is 18.2. The Balaban J connectivity index is 1.69. The van der Waals surface area contributed by atoms with Crippen molar-refractivity contribution in [2.75, 3.05) is 11.4 Å². The lowest BCUT2D eigenvalue weighted by molar-refractivity contribution is 0.394. The molecule has 0 spiro atoms. The highest BCUT2D eigenvalue weighted by atomic mass is 15.4. The lowest BCUT2D eigenvalue weighted by atomic mass is 10.0. The molecule has 1 atom stereocenters. The van der Waals surface area contributed by atoms with Crippen LogP contribution in [0.15, 0.2) is 24.8 Å². The standard InChI is InChI=1S/C18H25N7/c1-3-6-15-9-17(25-18(22-15)19-13-21-25)24-8-5-4-7-16(24)12-23-11-14(2)10-20-23/h9-11,13,16H,3-8,12H2,1-2H3/t16-/m0/s1. The number of rotatable bonds is 5. The van der Waals surface area contributed by atoms with Crippen LogP contribution in [0, 0.1) is 6.92 Å². The third-order valence-electron chi connectivity index (χ3n) is 4.87. The van der Waals surface area contributed by atoms with Crippen molar-refractivity contribution >= 4 is 11.6 Å². The summed E-state index contributed by atoms with van der Waals surface area (Å²) in [4.78, 5) is 11.4. The van der Waals surface area contributed by atoms with Crippen LogP contribution in [0.1, 0.15) is 43.9 Å². The van der Waals surface area contributed by atoms with Gasteiger partial charge in [0.1, 0.15) is 12.1 Å². The van der Waals surface area contributed by atoms with Crippen molar-refractivity contribution in [3.63, 3.8) is 0 Å². The van der Waals surface area contributed by atoms with Gasteiger partial charge in [0.15, 0.2) is 0 Å². The number of nitrogens with zero attached hydrogens (tertiary/aromatic N) is 7. The molecule has 1 saturated heterocycles. The zero-order chi connectivity index (χ0) is 17.2. The maximum absolute atomic E-state index is 4.64. The molecule has 3 aromatic rings. The van der Waals surface area contributed by atoms with E-state index in [-0.39, 0.29) is 0 Å². The molecule has 0 aliphatic carbocycles. The van der Waals surface area contributed by atoms with E-state index in [2.05, 4.69) is 55.9 Å². The molecule has 7 nitrogen and oxygen atoms in total. The first-order chi connectivity index (χ1) is 12.2. The lowest BCUT2D eigenvalue weighted by Crippen LogP contribution is -2.43. The van der Waals surface area contributed by atoms with Crippen molar-refractivity contribution in [1.29, 1.82) is 0 Å². The van der Waals surface area contributed by atoms with E-state index in [9.17, 15) is 0 Å². The second-order valence-electron chi connectivity index (χ2n) is 6.91. The quantitative estimate of drug-likeness (QED) is 0.715. The van der Waals surface area contributed by atoms with E-state index in [0.29, 0.717) is 11.8 Å². The SMILES string of the molecule is CCCc1cc(N2CCCC[C@H]2Cn2cc(C)cn2)n2ncnc2n1. The summed E-state index contributed by atoms with van der Waals surface area (Å²) in [7, 11) is 0. The number of hydrogen-bond acceptors (Lipinski definition) is 5. The summed E-state index contributed by atoms with van der Waals surface area (Å²) in [5, 5.41) is 8.90. The molecule has 4 heterocycles. The Morgan fingerprint density at radius 3 is 2.96 bits per heavy atom. The molecule has 0 unspecified atom stereocenters. The largest absolute Gasteiger partial charge is 0.352 e. The molecule has 1 fully saturated rings. The summed E-state index contributed by atoms with van der Waals surface area (Å²) < 4.78 is 3.94. The van der Waals surface area contributed by atoms with Crippen LogP contribution in [0.4, 0.5) is 5.82 Å². The van der Waals surface area contributed by atoms with Gasteiger partial charge in [-0.2, -0.15) is 19.7 Å². The minimum absolute atomic E-state index is 0.414. The lowest BCUT2D eigenvalue weighted by Gasteiger charge is -2.37. The molecule has 3 aromatic heterocycles. The van der Waals surface area contributed by atoms with Crippen LogP contribution >= 0.6 is 0 Å². The smallest absolute Gasteiger partial charge is 0.254 e. The number of anilines is 1. The number of aromatic nitrogens is 6. The minimum atomic E-state index is 0.414. The van der Waals surface area contributed by atoms with Gasteiger partial charge in [0.2, 0.25) is 0 Å². The molecule has 1 aliphatic rings. The third-order valence-corrected chi connectivity index (χ3v) is 4.87. The van der Waals surface area contributed by atoms with Gasteiger partial charge in [-0.3, -0.25) is 4.68 Å². The molecule has 0 aromatic carbocycles. The first-order valence-corrected chi connectivity index (χ1v) is 9.20. The summed E-state index contributed by atoms with van der Waals surface area (Å²) in [6, 6.07) is 2.61. The predicted molar refractivity (Wildman–Crippen MR) is 96.7 cm³/mol. The van der Waals surface area contributed by atoms with Crippen molar-refractivity contribution in [2.24, 2.45) is 0 Å². The highest BCUT2D eigenvalue weighted by Crippen LogP contribution is 2.26. The average molecular weight is 339 g/mol. The molecule has 7 heteroatoms. The number of piperidine rings is 1. The van der Waals surface area contributed by atoms with Gasteiger partial charge < -0.3 is 4.90 Å². The van der Waals surface area contributed by atoms with Gasteiger partial charge in [-0.1, -0.05) is 13.3 Å². The van der Waals surface area contributed by atoms with Crippen LogP contribution in [0.2, 0.25) is 0 Å². The molecular formula is C18H25N7. The van der Waals surface area contributed by atoms with Crippen LogP contribution < -0.4 is 4.90 Å². The summed E-state index contributed by atoms with van der Waals surface area (Å²) in [6.07, 6.45) is 11.3. The highest BCUT2D eigenvalue weighted by Gasteiger charge is 2.26. The van der Waals surface area contributed by atoms with Crippen molar-refractivity contribution in [3.8, 4) is 0 Å².